The van der Waals surface area contributed by atoms with Crippen LogP contribution in [0.15, 0.2) is 23.1 Å². The Labute approximate surface area is 170 Å². The first-order valence-electron chi connectivity index (χ1n) is 9.44. The molecule has 1 aromatic carbocycles. The maximum absolute atomic E-state index is 13.0. The average molecular weight is 426 g/mol. The summed E-state index contributed by atoms with van der Waals surface area (Å²) in [5.74, 6) is -1.63. The molecule has 1 fully saturated rings. The number of rotatable bonds is 5. The monoisotopic (exact) mass is 425 g/mol. The van der Waals surface area contributed by atoms with E-state index in [0.29, 0.717) is 12.1 Å². The first kappa shape index (κ1) is 22.8. The van der Waals surface area contributed by atoms with Crippen molar-refractivity contribution in [3.8, 4) is 0 Å². The molecule has 29 heavy (non-hydrogen) atoms. The third-order valence-corrected chi connectivity index (χ3v) is 6.90. The molecule has 10 heteroatoms. The van der Waals surface area contributed by atoms with Crippen molar-refractivity contribution >= 4 is 27.9 Å². The van der Waals surface area contributed by atoms with Gasteiger partial charge in [0.05, 0.1) is 10.5 Å². The molecule has 1 aliphatic heterocycles. The smallest absolute Gasteiger partial charge is 0.339 e. The number of nitrogens with zero attached hydrogens (tertiary/aromatic N) is 1. The number of ether oxygens (including phenoxy) is 1. The summed E-state index contributed by atoms with van der Waals surface area (Å²) < 4.78 is 32.6. The summed E-state index contributed by atoms with van der Waals surface area (Å²) in [4.78, 5) is 35.6. The Morgan fingerprint density at radius 3 is 2.55 bits per heavy atom. The van der Waals surface area contributed by atoms with Crippen LogP contribution in [0.1, 0.15) is 49.0 Å². The van der Waals surface area contributed by atoms with E-state index in [1.165, 1.54) is 36.5 Å². The van der Waals surface area contributed by atoms with Crippen LogP contribution in [0.2, 0.25) is 0 Å². The van der Waals surface area contributed by atoms with Gasteiger partial charge in [-0.2, -0.15) is 4.31 Å². The minimum Gasteiger partial charge on any atom is -0.449 e. The molecular formula is C19H27N3O6S. The zero-order valence-electron chi connectivity index (χ0n) is 17.0. The Kier molecular flexibility index (Phi) is 7.37. The molecule has 9 nitrogen and oxygen atoms in total. The lowest BCUT2D eigenvalue weighted by Gasteiger charge is -2.32. The van der Waals surface area contributed by atoms with Crippen LogP contribution >= 0.6 is 0 Å². The molecule has 0 saturated carbocycles. The van der Waals surface area contributed by atoms with Gasteiger partial charge >= 0.3 is 12.0 Å². The lowest BCUT2D eigenvalue weighted by Crippen LogP contribution is -2.43. The number of benzene rings is 1. The Balaban J connectivity index is 2.23. The highest BCUT2D eigenvalue weighted by atomic mass is 32.2. The van der Waals surface area contributed by atoms with Crippen LogP contribution in [0.3, 0.4) is 0 Å². The molecule has 0 bridgehead atoms. The van der Waals surface area contributed by atoms with Gasteiger partial charge in [-0.3, -0.25) is 10.1 Å². The summed E-state index contributed by atoms with van der Waals surface area (Å²) in [5, 5.41) is 4.24. The molecule has 3 amide bonds. The highest BCUT2D eigenvalue weighted by Crippen LogP contribution is 2.26. The first-order valence-corrected chi connectivity index (χ1v) is 10.9. The third kappa shape index (κ3) is 5.33. The number of amides is 3. The molecule has 2 atom stereocenters. The van der Waals surface area contributed by atoms with Crippen molar-refractivity contribution in [2.45, 2.75) is 57.1 Å². The van der Waals surface area contributed by atoms with Gasteiger partial charge in [-0.15, -0.1) is 0 Å². The summed E-state index contributed by atoms with van der Waals surface area (Å²) in [6.07, 6.45) is 1.33. The first-order chi connectivity index (χ1) is 13.6. The minimum absolute atomic E-state index is 0.00580. The topological polar surface area (TPSA) is 122 Å². The van der Waals surface area contributed by atoms with Crippen LogP contribution in [-0.4, -0.2) is 56.4 Å². The van der Waals surface area contributed by atoms with Gasteiger partial charge < -0.3 is 10.1 Å². The van der Waals surface area contributed by atoms with E-state index >= 15 is 0 Å². The van der Waals surface area contributed by atoms with Crippen LogP contribution in [-0.2, 0) is 19.6 Å². The summed E-state index contributed by atoms with van der Waals surface area (Å²) in [6, 6.07) is 3.44. The molecule has 2 N–H and O–H groups in total. The molecular weight excluding hydrogens is 398 g/mol. The quantitative estimate of drug-likeness (QED) is 0.691. The van der Waals surface area contributed by atoms with Gasteiger partial charge in [0.15, 0.2) is 6.10 Å². The zero-order valence-corrected chi connectivity index (χ0v) is 17.8. The number of hydrogen-bond acceptors (Lipinski definition) is 6. The van der Waals surface area contributed by atoms with Crippen molar-refractivity contribution < 1.29 is 27.5 Å². The van der Waals surface area contributed by atoms with Crippen molar-refractivity contribution in [3.63, 3.8) is 0 Å². The lowest BCUT2D eigenvalue weighted by molar-refractivity contribution is -0.127. The Morgan fingerprint density at radius 2 is 1.93 bits per heavy atom. The van der Waals surface area contributed by atoms with Crippen molar-refractivity contribution in [2.24, 2.45) is 0 Å². The summed E-state index contributed by atoms with van der Waals surface area (Å²) in [6.45, 7) is 5.27. The van der Waals surface area contributed by atoms with E-state index in [1.54, 1.807) is 6.92 Å². The minimum atomic E-state index is -3.75. The van der Waals surface area contributed by atoms with Crippen molar-refractivity contribution in [3.05, 3.63) is 29.3 Å². The Bertz CT molecular complexity index is 899. The zero-order chi connectivity index (χ0) is 21.8. The largest absolute Gasteiger partial charge is 0.449 e. The normalized spacial score (nSPS) is 18.6. The third-order valence-electron chi connectivity index (χ3n) is 4.89. The molecule has 1 aromatic rings. The molecule has 0 spiro atoms. The highest BCUT2D eigenvalue weighted by Gasteiger charge is 2.32. The standard InChI is InChI=1S/C19H27N3O6S/c1-12-8-9-15(29(26,27)22-10-6-5-7-13(22)2)11-16(12)18(24)28-14(3)17(23)21-19(25)20-4/h8-9,11,13-14H,5-7,10H2,1-4H3,(H2,20,21,23,25). The number of piperidine rings is 1. The second-order valence-corrected chi connectivity index (χ2v) is 8.94. The van der Waals surface area contributed by atoms with Crippen LogP contribution in [0, 0.1) is 6.92 Å². The number of carbonyl (C=O) groups is 3. The van der Waals surface area contributed by atoms with Crippen molar-refractivity contribution in [2.75, 3.05) is 13.6 Å². The van der Waals surface area contributed by atoms with Crippen LogP contribution in [0.5, 0.6) is 0 Å². The fraction of sp³-hybridized carbons (Fsp3) is 0.526. The summed E-state index contributed by atoms with van der Waals surface area (Å²) in [5.41, 5.74) is 0.565. The van der Waals surface area contributed by atoms with E-state index in [9.17, 15) is 22.8 Å². The molecule has 160 valence electrons. The molecule has 2 unspecified atom stereocenters. The number of carbonyl (C=O) groups excluding carboxylic acids is 3. The van der Waals surface area contributed by atoms with Crippen molar-refractivity contribution in [1.29, 1.82) is 0 Å². The van der Waals surface area contributed by atoms with E-state index < -0.39 is 34.0 Å². The molecule has 1 saturated heterocycles. The van der Waals surface area contributed by atoms with Gasteiger partial charge in [0.1, 0.15) is 0 Å². The second kappa shape index (κ2) is 9.36. The SMILES string of the molecule is CNC(=O)NC(=O)C(C)OC(=O)c1cc(S(=O)(=O)N2CCCCC2C)ccc1C. The molecule has 0 aromatic heterocycles. The van der Waals surface area contributed by atoms with Crippen LogP contribution in [0.25, 0.3) is 0 Å². The van der Waals surface area contributed by atoms with Crippen LogP contribution < -0.4 is 10.6 Å². The van der Waals surface area contributed by atoms with E-state index in [0.717, 1.165) is 19.3 Å². The molecule has 2 rings (SSSR count). The van der Waals surface area contributed by atoms with E-state index in [4.69, 9.17) is 4.74 Å². The molecule has 0 aliphatic carbocycles. The number of urea groups is 1. The van der Waals surface area contributed by atoms with E-state index in [2.05, 4.69) is 5.32 Å². The average Bonchev–Trinajstić information content (AvgIpc) is 2.67. The number of sulfonamides is 1. The summed E-state index contributed by atoms with van der Waals surface area (Å²) in [7, 11) is -2.41. The van der Waals surface area contributed by atoms with E-state index in [1.807, 2.05) is 12.2 Å². The predicted molar refractivity (Wildman–Crippen MR) is 106 cm³/mol. The van der Waals surface area contributed by atoms with Crippen LogP contribution in [0.4, 0.5) is 4.79 Å². The number of aryl methyl sites for hydroxylation is 1. The maximum Gasteiger partial charge on any atom is 0.339 e. The lowest BCUT2D eigenvalue weighted by atomic mass is 10.1. The van der Waals surface area contributed by atoms with Gasteiger partial charge in [-0.05, 0) is 51.3 Å². The van der Waals surface area contributed by atoms with Gasteiger partial charge in [0.2, 0.25) is 10.0 Å². The fourth-order valence-corrected chi connectivity index (χ4v) is 4.83. The number of hydrogen-bond donors (Lipinski definition) is 2. The Hall–Kier alpha value is -2.46. The molecule has 1 heterocycles. The maximum atomic E-state index is 13.0. The number of esters is 1. The number of imide groups is 1. The summed E-state index contributed by atoms with van der Waals surface area (Å²) >= 11 is 0. The van der Waals surface area contributed by atoms with Gasteiger partial charge in [-0.1, -0.05) is 12.5 Å². The highest BCUT2D eigenvalue weighted by molar-refractivity contribution is 7.89. The van der Waals surface area contributed by atoms with Gasteiger partial charge in [-0.25, -0.2) is 18.0 Å². The fourth-order valence-electron chi connectivity index (χ4n) is 3.10. The van der Waals surface area contributed by atoms with Crippen molar-refractivity contribution in [1.82, 2.24) is 14.9 Å². The van der Waals surface area contributed by atoms with E-state index in [-0.39, 0.29) is 16.5 Å². The molecule has 1 aliphatic rings. The Morgan fingerprint density at radius 1 is 1.24 bits per heavy atom. The van der Waals surface area contributed by atoms with Gasteiger partial charge in [0.25, 0.3) is 5.91 Å². The number of nitrogens with one attached hydrogen (secondary N) is 2. The van der Waals surface area contributed by atoms with Gasteiger partial charge in [0, 0.05) is 19.6 Å². The predicted octanol–water partition coefficient (Wildman–Crippen LogP) is 1.56. The second-order valence-electron chi connectivity index (χ2n) is 7.05. The molecule has 0 radical (unpaired) electrons.